The Labute approximate surface area is 165 Å². The highest BCUT2D eigenvalue weighted by molar-refractivity contribution is 9.10. The number of aromatic nitrogens is 4. The van der Waals surface area contributed by atoms with Crippen molar-refractivity contribution in [2.75, 3.05) is 0 Å². The fourth-order valence-corrected chi connectivity index (χ4v) is 3.99. The standard InChI is InChI=1S/C20H18BrN5O/c1-13(14-7-9-15(10-8-14)26-12-22-11-23-26)24-20(27)19-18(21)16-5-3-4-6-17(16)25(19)2/h3-13H,1-2H3,(H,24,27). The third-order valence-electron chi connectivity index (χ3n) is 4.68. The zero-order chi connectivity index (χ0) is 19.0. The number of hydrogen-bond acceptors (Lipinski definition) is 3. The van der Waals surface area contributed by atoms with E-state index in [0.29, 0.717) is 5.69 Å². The Morgan fingerprint density at radius 1 is 1.15 bits per heavy atom. The van der Waals surface area contributed by atoms with Gasteiger partial charge in [0.1, 0.15) is 18.3 Å². The first-order valence-electron chi connectivity index (χ1n) is 8.55. The van der Waals surface area contributed by atoms with E-state index in [9.17, 15) is 4.79 Å². The molecule has 1 unspecified atom stereocenters. The van der Waals surface area contributed by atoms with Gasteiger partial charge in [0.25, 0.3) is 5.91 Å². The molecule has 6 nitrogen and oxygen atoms in total. The van der Waals surface area contributed by atoms with Gasteiger partial charge in [0.2, 0.25) is 0 Å². The second-order valence-corrected chi connectivity index (χ2v) is 7.16. The summed E-state index contributed by atoms with van der Waals surface area (Å²) in [6.07, 6.45) is 3.15. The summed E-state index contributed by atoms with van der Waals surface area (Å²) >= 11 is 3.58. The lowest BCUT2D eigenvalue weighted by molar-refractivity contribution is 0.0931. The molecule has 0 aliphatic rings. The predicted molar refractivity (Wildman–Crippen MR) is 108 cm³/mol. The Bertz CT molecular complexity index is 1060. The Balaban J connectivity index is 1.56. The summed E-state index contributed by atoms with van der Waals surface area (Å²) < 4.78 is 4.42. The molecule has 136 valence electrons. The fraction of sp³-hybridized carbons (Fsp3) is 0.150. The number of nitrogens with zero attached hydrogens (tertiary/aromatic N) is 4. The molecule has 4 aromatic rings. The van der Waals surface area contributed by atoms with Gasteiger partial charge in [0.05, 0.1) is 16.2 Å². The van der Waals surface area contributed by atoms with Crippen molar-refractivity contribution in [1.82, 2.24) is 24.6 Å². The molecule has 0 saturated heterocycles. The molecule has 2 heterocycles. The number of rotatable bonds is 4. The molecule has 2 aromatic heterocycles. The van der Waals surface area contributed by atoms with Gasteiger partial charge in [-0.3, -0.25) is 4.79 Å². The largest absolute Gasteiger partial charge is 0.344 e. The van der Waals surface area contributed by atoms with Gasteiger partial charge in [0, 0.05) is 18.0 Å². The quantitative estimate of drug-likeness (QED) is 0.539. The number of benzene rings is 2. The second kappa shape index (κ2) is 7.00. The van der Waals surface area contributed by atoms with Crippen molar-refractivity contribution in [3.05, 3.63) is 76.9 Å². The van der Waals surface area contributed by atoms with E-state index in [1.54, 1.807) is 11.0 Å². The van der Waals surface area contributed by atoms with E-state index in [2.05, 4.69) is 31.3 Å². The monoisotopic (exact) mass is 423 g/mol. The summed E-state index contributed by atoms with van der Waals surface area (Å²) in [6, 6.07) is 15.7. The molecule has 4 rings (SSSR count). The predicted octanol–water partition coefficient (Wildman–Crippen LogP) is 4.01. The Morgan fingerprint density at radius 2 is 1.89 bits per heavy atom. The first kappa shape index (κ1) is 17.5. The van der Waals surface area contributed by atoms with Crippen LogP contribution >= 0.6 is 15.9 Å². The molecule has 7 heteroatoms. The average molecular weight is 424 g/mol. The van der Waals surface area contributed by atoms with Crippen LogP contribution in [-0.2, 0) is 7.05 Å². The number of para-hydroxylation sites is 1. The first-order chi connectivity index (χ1) is 13.1. The molecule has 0 aliphatic heterocycles. The zero-order valence-electron chi connectivity index (χ0n) is 14.9. The number of aryl methyl sites for hydroxylation is 1. The molecule has 1 atom stereocenters. The van der Waals surface area contributed by atoms with Crippen LogP contribution in [-0.4, -0.2) is 25.2 Å². The SMILES string of the molecule is CC(NC(=O)c1c(Br)c2ccccc2n1C)c1ccc(-n2cncn2)cc1. The van der Waals surface area contributed by atoms with E-state index in [-0.39, 0.29) is 11.9 Å². The lowest BCUT2D eigenvalue weighted by Gasteiger charge is -2.15. The maximum atomic E-state index is 12.9. The third kappa shape index (κ3) is 3.14. The lowest BCUT2D eigenvalue weighted by atomic mass is 10.1. The molecular weight excluding hydrogens is 406 g/mol. The van der Waals surface area contributed by atoms with Crippen molar-refractivity contribution >= 4 is 32.7 Å². The Morgan fingerprint density at radius 3 is 2.56 bits per heavy atom. The number of fused-ring (bicyclic) bond motifs is 1. The number of hydrogen-bond donors (Lipinski definition) is 1. The van der Waals surface area contributed by atoms with Crippen molar-refractivity contribution in [2.24, 2.45) is 7.05 Å². The van der Waals surface area contributed by atoms with E-state index in [0.717, 1.165) is 26.6 Å². The van der Waals surface area contributed by atoms with Crippen molar-refractivity contribution in [1.29, 1.82) is 0 Å². The van der Waals surface area contributed by atoms with Crippen LogP contribution in [0.5, 0.6) is 0 Å². The maximum absolute atomic E-state index is 12.9. The summed E-state index contributed by atoms with van der Waals surface area (Å²) in [5, 5.41) is 8.22. The van der Waals surface area contributed by atoms with E-state index >= 15 is 0 Å². The molecule has 2 aromatic carbocycles. The van der Waals surface area contributed by atoms with Gasteiger partial charge in [-0.1, -0.05) is 30.3 Å². The van der Waals surface area contributed by atoms with E-state index < -0.39 is 0 Å². The van der Waals surface area contributed by atoms with Crippen LogP contribution in [0, 0.1) is 0 Å². The van der Waals surface area contributed by atoms with E-state index in [4.69, 9.17) is 0 Å². The van der Waals surface area contributed by atoms with Crippen molar-refractivity contribution in [3.8, 4) is 5.69 Å². The topological polar surface area (TPSA) is 64.7 Å². The fourth-order valence-electron chi connectivity index (χ4n) is 3.20. The van der Waals surface area contributed by atoms with E-state index in [1.807, 2.05) is 67.1 Å². The molecule has 0 saturated carbocycles. The molecule has 1 N–H and O–H groups in total. The summed E-state index contributed by atoms with van der Waals surface area (Å²) in [4.78, 5) is 16.9. The van der Waals surface area contributed by atoms with Gasteiger partial charge in [0.15, 0.2) is 0 Å². The van der Waals surface area contributed by atoms with Crippen LogP contribution in [0.3, 0.4) is 0 Å². The minimum atomic E-state index is -0.132. The van der Waals surface area contributed by atoms with Crippen LogP contribution in [0.4, 0.5) is 0 Å². The number of carbonyl (C=O) groups excluding carboxylic acids is 1. The second-order valence-electron chi connectivity index (χ2n) is 6.37. The molecule has 1 amide bonds. The van der Waals surface area contributed by atoms with Gasteiger partial charge >= 0.3 is 0 Å². The molecule has 27 heavy (non-hydrogen) atoms. The van der Waals surface area contributed by atoms with Crippen LogP contribution in [0.2, 0.25) is 0 Å². The highest BCUT2D eigenvalue weighted by Crippen LogP contribution is 2.30. The highest BCUT2D eigenvalue weighted by atomic mass is 79.9. The summed E-state index contributed by atoms with van der Waals surface area (Å²) in [7, 11) is 1.90. The Kier molecular flexibility index (Phi) is 4.53. The number of amides is 1. The van der Waals surface area contributed by atoms with E-state index in [1.165, 1.54) is 6.33 Å². The third-order valence-corrected chi connectivity index (χ3v) is 5.49. The minimum Gasteiger partial charge on any atom is -0.344 e. The van der Waals surface area contributed by atoms with Gasteiger partial charge in [-0.15, -0.1) is 0 Å². The Hall–Kier alpha value is -2.93. The molecule has 0 aliphatic carbocycles. The lowest BCUT2D eigenvalue weighted by Crippen LogP contribution is -2.28. The van der Waals surface area contributed by atoms with Crippen molar-refractivity contribution < 1.29 is 4.79 Å². The van der Waals surface area contributed by atoms with Crippen molar-refractivity contribution in [3.63, 3.8) is 0 Å². The molecule has 0 spiro atoms. The normalized spacial score (nSPS) is 12.3. The summed E-state index contributed by atoms with van der Waals surface area (Å²) in [5.74, 6) is -0.117. The molecule has 0 fully saturated rings. The van der Waals surface area contributed by atoms with Gasteiger partial charge in [-0.25, -0.2) is 9.67 Å². The molecular formula is C20H18BrN5O. The van der Waals surface area contributed by atoms with Crippen LogP contribution in [0.15, 0.2) is 65.7 Å². The summed E-state index contributed by atoms with van der Waals surface area (Å²) in [6.45, 7) is 1.97. The first-order valence-corrected chi connectivity index (χ1v) is 9.34. The average Bonchev–Trinajstić information content (AvgIpc) is 3.30. The maximum Gasteiger partial charge on any atom is 0.269 e. The number of carbonyl (C=O) groups is 1. The van der Waals surface area contributed by atoms with Crippen LogP contribution in [0.25, 0.3) is 16.6 Å². The number of nitrogens with one attached hydrogen (secondary N) is 1. The van der Waals surface area contributed by atoms with Crippen LogP contribution in [0.1, 0.15) is 29.0 Å². The van der Waals surface area contributed by atoms with Gasteiger partial charge in [-0.2, -0.15) is 5.10 Å². The summed E-state index contributed by atoms with van der Waals surface area (Å²) in [5.41, 5.74) is 3.56. The minimum absolute atomic E-state index is 0.117. The van der Waals surface area contributed by atoms with Gasteiger partial charge < -0.3 is 9.88 Å². The molecule has 0 bridgehead atoms. The van der Waals surface area contributed by atoms with Gasteiger partial charge in [-0.05, 0) is 46.6 Å². The smallest absolute Gasteiger partial charge is 0.269 e. The van der Waals surface area contributed by atoms with Crippen LogP contribution < -0.4 is 5.32 Å². The van der Waals surface area contributed by atoms with Crippen molar-refractivity contribution in [2.45, 2.75) is 13.0 Å². The molecule has 0 radical (unpaired) electrons. The zero-order valence-corrected chi connectivity index (χ0v) is 16.5. The number of halogens is 1. The highest BCUT2D eigenvalue weighted by Gasteiger charge is 2.21.